The number of carbonyl (C=O) groups excluding carboxylic acids is 1. The molecular weight excluding hydrogens is 1160 g/mol. The molecule has 9 heteroatoms. The zero-order chi connectivity index (χ0) is 67.8. The van der Waals surface area contributed by atoms with Gasteiger partial charge in [0, 0.05) is 6.42 Å². The fraction of sp³-hybridized carbons (Fsp3) is 0.871. The minimum atomic E-state index is -1.55. The number of allylic oxidation sites excluding steroid dienone is 10. The molecule has 1 fully saturated rings. The summed E-state index contributed by atoms with van der Waals surface area (Å²) < 4.78 is 11.4. The molecule has 1 amide bonds. The lowest BCUT2D eigenvalue weighted by Gasteiger charge is -2.40. The third-order valence-corrected chi connectivity index (χ3v) is 19.9. The molecule has 7 unspecified atom stereocenters. The van der Waals surface area contributed by atoms with E-state index in [0.29, 0.717) is 12.8 Å². The van der Waals surface area contributed by atoms with Gasteiger partial charge in [0.1, 0.15) is 24.4 Å². The molecule has 0 aromatic heterocycles. The molecule has 0 saturated carbocycles. The van der Waals surface area contributed by atoms with E-state index in [2.05, 4.69) is 79.9 Å². The minimum Gasteiger partial charge on any atom is -0.394 e. The van der Waals surface area contributed by atoms with Crippen LogP contribution in [0, 0.1) is 0 Å². The maximum Gasteiger partial charge on any atom is 0.220 e. The van der Waals surface area contributed by atoms with Crippen molar-refractivity contribution in [1.82, 2.24) is 5.32 Å². The molecule has 1 aliphatic heterocycles. The number of carbonyl (C=O) groups is 1. The van der Waals surface area contributed by atoms with Gasteiger partial charge in [0.2, 0.25) is 5.91 Å². The van der Waals surface area contributed by atoms with E-state index in [0.717, 1.165) is 70.6 Å². The summed E-state index contributed by atoms with van der Waals surface area (Å²) in [6, 6.07) is -0.721. The van der Waals surface area contributed by atoms with Crippen LogP contribution in [0.5, 0.6) is 0 Å². The van der Waals surface area contributed by atoms with Crippen molar-refractivity contribution in [2.24, 2.45) is 0 Å². The van der Waals surface area contributed by atoms with Crippen LogP contribution < -0.4 is 5.32 Å². The van der Waals surface area contributed by atoms with Crippen molar-refractivity contribution in [2.45, 2.75) is 461 Å². The number of unbranched alkanes of at least 4 members (excludes halogenated alkanes) is 54. The molecule has 7 atom stereocenters. The van der Waals surface area contributed by atoms with Gasteiger partial charge in [0.15, 0.2) is 6.29 Å². The summed E-state index contributed by atoms with van der Waals surface area (Å²) in [7, 11) is 0. The summed E-state index contributed by atoms with van der Waals surface area (Å²) in [5, 5.41) is 55.1. The summed E-state index contributed by atoms with van der Waals surface area (Å²) >= 11 is 0. The van der Waals surface area contributed by atoms with Gasteiger partial charge in [0.25, 0.3) is 0 Å². The molecule has 552 valence electrons. The van der Waals surface area contributed by atoms with Gasteiger partial charge in [-0.15, -0.1) is 0 Å². The maximum atomic E-state index is 13.2. The summed E-state index contributed by atoms with van der Waals surface area (Å²) in [5.41, 5.74) is 0. The van der Waals surface area contributed by atoms with Crippen molar-refractivity contribution in [2.75, 3.05) is 13.2 Å². The second-order valence-electron chi connectivity index (χ2n) is 28.9. The molecule has 94 heavy (non-hydrogen) atoms. The molecule has 0 aromatic rings. The smallest absolute Gasteiger partial charge is 0.220 e. The van der Waals surface area contributed by atoms with E-state index < -0.39 is 49.5 Å². The standard InChI is InChI=1S/C85H159NO8/c1-3-5-7-9-11-13-15-17-19-21-23-25-27-29-31-33-35-37-38-39-40-41-42-43-45-47-49-51-53-55-57-59-61-63-65-67-69-71-73-75-81(89)86-78(77-93-85-84(92)83(91)82(90)80(76-87)94-85)79(88)74-72-70-68-66-64-62-60-58-56-54-52-50-48-46-44-36-34-32-30-28-26-24-22-20-18-16-14-12-10-8-6-4-2/h5,7,11,13,17,19,23,25,29,31,78-80,82-85,87-88,90-92H,3-4,6,8-10,12,14-16,18,20-22,24,26-28,30,32-77H2,1-2H3,(H,86,89)/b7-5-,13-11-,19-17-,25-23-,31-29-. The highest BCUT2D eigenvalue weighted by atomic mass is 16.7. The number of amides is 1. The summed E-state index contributed by atoms with van der Waals surface area (Å²) in [6.07, 6.45) is 96.3. The van der Waals surface area contributed by atoms with Crippen LogP contribution in [-0.4, -0.2) is 87.5 Å². The normalized spacial score (nSPS) is 17.8. The zero-order valence-corrected chi connectivity index (χ0v) is 62.2. The lowest BCUT2D eigenvalue weighted by atomic mass is 9.99. The monoisotopic (exact) mass is 1320 g/mol. The Morgan fingerprint density at radius 1 is 0.372 bits per heavy atom. The third-order valence-electron chi connectivity index (χ3n) is 19.9. The molecule has 6 N–H and O–H groups in total. The number of ether oxygens (including phenoxy) is 2. The Morgan fingerprint density at radius 2 is 0.660 bits per heavy atom. The van der Waals surface area contributed by atoms with Crippen molar-refractivity contribution in [1.29, 1.82) is 0 Å². The van der Waals surface area contributed by atoms with Crippen LogP contribution in [0.1, 0.15) is 418 Å². The van der Waals surface area contributed by atoms with Crippen LogP contribution in [-0.2, 0) is 14.3 Å². The number of nitrogens with one attached hydrogen (secondary N) is 1. The molecule has 9 nitrogen and oxygen atoms in total. The molecular formula is C85H159NO8. The number of aliphatic hydroxyl groups excluding tert-OH is 5. The second kappa shape index (κ2) is 73.6. The quantitative estimate of drug-likeness (QED) is 0.0261. The summed E-state index contributed by atoms with van der Waals surface area (Å²) in [5.74, 6) is -0.135. The van der Waals surface area contributed by atoms with Gasteiger partial charge in [-0.1, -0.05) is 415 Å². The molecule has 0 aliphatic carbocycles. The first-order chi connectivity index (χ1) is 46.3. The molecule has 0 aromatic carbocycles. The fourth-order valence-corrected chi connectivity index (χ4v) is 13.5. The Labute approximate surface area is 583 Å². The van der Waals surface area contributed by atoms with E-state index in [9.17, 15) is 30.3 Å². The molecule has 1 heterocycles. The van der Waals surface area contributed by atoms with Crippen molar-refractivity contribution < 1.29 is 39.8 Å². The van der Waals surface area contributed by atoms with Crippen molar-refractivity contribution in [3.8, 4) is 0 Å². The maximum absolute atomic E-state index is 13.2. The molecule has 0 spiro atoms. The SMILES string of the molecule is CC/C=C\C/C=C\C/C=C\C/C=C\C/C=C\CCCCCCCCCCCCCCCCCCCCCCCCCC(=O)NC(COC1OC(CO)C(O)C(O)C1O)C(O)CCCCCCCCCCCCCCCCCCCCCCCCCCCCCCCCCC. The largest absolute Gasteiger partial charge is 0.394 e. The fourth-order valence-electron chi connectivity index (χ4n) is 13.5. The molecule has 0 bridgehead atoms. The molecule has 1 saturated heterocycles. The first kappa shape index (κ1) is 89.9. The van der Waals surface area contributed by atoms with Gasteiger partial charge in [0.05, 0.1) is 25.4 Å². The van der Waals surface area contributed by atoms with Crippen molar-refractivity contribution >= 4 is 5.91 Å². The topological polar surface area (TPSA) is 149 Å². The first-order valence-electron chi connectivity index (χ1n) is 41.5. The van der Waals surface area contributed by atoms with Crippen LogP contribution in [0.25, 0.3) is 0 Å². The van der Waals surface area contributed by atoms with Crippen LogP contribution >= 0.6 is 0 Å². The first-order valence-corrected chi connectivity index (χ1v) is 41.5. The van der Waals surface area contributed by atoms with Gasteiger partial charge < -0.3 is 40.3 Å². The van der Waals surface area contributed by atoms with Gasteiger partial charge >= 0.3 is 0 Å². The Kier molecular flexibility index (Phi) is 70.4. The van der Waals surface area contributed by atoms with Crippen LogP contribution in [0.15, 0.2) is 60.8 Å². The van der Waals surface area contributed by atoms with Gasteiger partial charge in [-0.05, 0) is 57.8 Å². The minimum absolute atomic E-state index is 0.134. The van der Waals surface area contributed by atoms with E-state index in [1.807, 2.05) is 0 Å². The van der Waals surface area contributed by atoms with Crippen LogP contribution in [0.3, 0.4) is 0 Å². The average molecular weight is 1320 g/mol. The van der Waals surface area contributed by atoms with E-state index in [4.69, 9.17) is 9.47 Å². The van der Waals surface area contributed by atoms with Crippen LogP contribution in [0.4, 0.5) is 0 Å². The van der Waals surface area contributed by atoms with E-state index >= 15 is 0 Å². The predicted octanol–water partition coefficient (Wildman–Crippen LogP) is 24.0. The van der Waals surface area contributed by atoms with E-state index in [1.165, 1.54) is 321 Å². The lowest BCUT2D eigenvalue weighted by Crippen LogP contribution is -2.60. The highest BCUT2D eigenvalue weighted by Crippen LogP contribution is 2.24. The van der Waals surface area contributed by atoms with Crippen LogP contribution in [0.2, 0.25) is 0 Å². The Bertz CT molecular complexity index is 1680. The average Bonchev–Trinajstić information content (AvgIpc) is 0.829. The highest BCUT2D eigenvalue weighted by Gasteiger charge is 2.44. The van der Waals surface area contributed by atoms with Crippen molar-refractivity contribution in [3.05, 3.63) is 60.8 Å². The number of aliphatic hydroxyl groups is 5. The lowest BCUT2D eigenvalue weighted by molar-refractivity contribution is -0.302. The zero-order valence-electron chi connectivity index (χ0n) is 62.2. The van der Waals surface area contributed by atoms with Gasteiger partial charge in [-0.2, -0.15) is 0 Å². The van der Waals surface area contributed by atoms with Crippen molar-refractivity contribution in [3.63, 3.8) is 0 Å². The molecule has 0 radical (unpaired) electrons. The van der Waals surface area contributed by atoms with Gasteiger partial charge in [-0.25, -0.2) is 0 Å². The number of hydrogen-bond donors (Lipinski definition) is 6. The van der Waals surface area contributed by atoms with E-state index in [-0.39, 0.29) is 12.5 Å². The Balaban J connectivity index is 2.03. The summed E-state index contributed by atoms with van der Waals surface area (Å²) in [4.78, 5) is 13.2. The Morgan fingerprint density at radius 3 is 0.979 bits per heavy atom. The third kappa shape index (κ3) is 61.0. The molecule has 1 aliphatic rings. The second-order valence-corrected chi connectivity index (χ2v) is 28.9. The predicted molar refractivity (Wildman–Crippen MR) is 406 cm³/mol. The Hall–Kier alpha value is -2.11. The molecule has 1 rings (SSSR count). The number of hydrogen-bond acceptors (Lipinski definition) is 8. The highest BCUT2D eigenvalue weighted by molar-refractivity contribution is 5.76. The van der Waals surface area contributed by atoms with Gasteiger partial charge in [-0.3, -0.25) is 4.79 Å². The summed E-state index contributed by atoms with van der Waals surface area (Å²) in [6.45, 7) is 3.79. The van der Waals surface area contributed by atoms with E-state index in [1.54, 1.807) is 0 Å². The number of rotatable bonds is 74.